The Morgan fingerprint density at radius 1 is 1.58 bits per heavy atom. The van der Waals surface area contributed by atoms with Crippen LogP contribution in [0.3, 0.4) is 0 Å². The molecule has 6 nitrogen and oxygen atoms in total. The highest BCUT2D eigenvalue weighted by Gasteiger charge is 2.32. The van der Waals surface area contributed by atoms with Crippen LogP contribution in [0.5, 0.6) is 0 Å². The molecule has 102 valence electrons. The van der Waals surface area contributed by atoms with Gasteiger partial charge in [-0.1, -0.05) is 0 Å². The Morgan fingerprint density at radius 2 is 2.32 bits per heavy atom. The second kappa shape index (κ2) is 4.93. The number of benzene rings is 1. The minimum Gasteiger partial charge on any atom is -0.345 e. The predicted octanol–water partition coefficient (Wildman–Crippen LogP) is 1.22. The quantitative estimate of drug-likeness (QED) is 0.637. The molecule has 1 aliphatic rings. The van der Waals surface area contributed by atoms with E-state index in [1.165, 1.54) is 0 Å². The molecule has 1 unspecified atom stereocenters. The van der Waals surface area contributed by atoms with E-state index in [9.17, 15) is 19.3 Å². The number of nitrogens with zero attached hydrogens (tertiary/aromatic N) is 1. The van der Waals surface area contributed by atoms with Crippen LogP contribution in [0.1, 0.15) is 23.7 Å². The average molecular weight is 267 g/mol. The van der Waals surface area contributed by atoms with Gasteiger partial charge in [0.25, 0.3) is 11.6 Å². The van der Waals surface area contributed by atoms with Gasteiger partial charge in [0, 0.05) is 6.54 Å². The van der Waals surface area contributed by atoms with Gasteiger partial charge < -0.3 is 10.6 Å². The number of nitro benzene ring substituents is 1. The number of hydrogen-bond acceptors (Lipinski definition) is 4. The van der Waals surface area contributed by atoms with E-state index in [4.69, 9.17) is 0 Å². The first-order valence-corrected chi connectivity index (χ1v) is 5.88. The Morgan fingerprint density at radius 3 is 2.89 bits per heavy atom. The van der Waals surface area contributed by atoms with Gasteiger partial charge in [-0.15, -0.1) is 0 Å². The van der Waals surface area contributed by atoms with Crippen LogP contribution < -0.4 is 10.6 Å². The summed E-state index contributed by atoms with van der Waals surface area (Å²) in [7, 11) is 0. The fraction of sp³-hybridized carbons (Fsp3) is 0.417. The van der Waals surface area contributed by atoms with Gasteiger partial charge in [0.05, 0.1) is 16.5 Å². The summed E-state index contributed by atoms with van der Waals surface area (Å²) in [6.07, 6.45) is 0.744. The maximum Gasteiger partial charge on any atom is 0.285 e. The summed E-state index contributed by atoms with van der Waals surface area (Å²) in [4.78, 5) is 22.2. The molecule has 1 amide bonds. The van der Waals surface area contributed by atoms with Crippen LogP contribution in [0.2, 0.25) is 0 Å². The van der Waals surface area contributed by atoms with Gasteiger partial charge in [-0.05, 0) is 32.0 Å². The molecule has 0 radical (unpaired) electrons. The third-order valence-electron chi connectivity index (χ3n) is 3.19. The van der Waals surface area contributed by atoms with E-state index in [1.54, 1.807) is 0 Å². The van der Waals surface area contributed by atoms with Crippen molar-refractivity contribution in [3.05, 3.63) is 39.7 Å². The highest BCUT2D eigenvalue weighted by atomic mass is 19.1. The maximum absolute atomic E-state index is 13.0. The standard InChI is InChI=1S/C12H14FN3O3/c1-12(4-5-14-7-12)15-11(17)9-3-2-8(13)6-10(9)16(18)19/h2-3,6,14H,4-5,7H2,1H3,(H,15,17). The smallest absolute Gasteiger partial charge is 0.285 e. The third-order valence-corrected chi connectivity index (χ3v) is 3.19. The minimum atomic E-state index is -0.757. The van der Waals surface area contributed by atoms with Crippen molar-refractivity contribution < 1.29 is 14.1 Å². The molecule has 2 rings (SSSR count). The molecule has 1 atom stereocenters. The zero-order valence-corrected chi connectivity index (χ0v) is 10.4. The first-order valence-electron chi connectivity index (χ1n) is 5.88. The first-order chi connectivity index (χ1) is 8.91. The number of nitro groups is 1. The number of amides is 1. The molecule has 1 fully saturated rings. The van der Waals surface area contributed by atoms with Crippen LogP contribution in [0.25, 0.3) is 0 Å². The SMILES string of the molecule is CC1(NC(=O)c2ccc(F)cc2[N+](=O)[O-])CCNC1. The molecule has 0 spiro atoms. The van der Waals surface area contributed by atoms with Gasteiger partial charge in [0.15, 0.2) is 0 Å². The van der Waals surface area contributed by atoms with Gasteiger partial charge in [0.2, 0.25) is 0 Å². The molecule has 7 heteroatoms. The van der Waals surface area contributed by atoms with Gasteiger partial charge in [-0.3, -0.25) is 14.9 Å². The molecule has 1 aromatic rings. The van der Waals surface area contributed by atoms with Crippen molar-refractivity contribution >= 4 is 11.6 Å². The summed E-state index contributed by atoms with van der Waals surface area (Å²) in [5.74, 6) is -1.30. The molecular weight excluding hydrogens is 253 g/mol. The first kappa shape index (κ1) is 13.4. The van der Waals surface area contributed by atoms with E-state index in [1.807, 2.05) is 6.92 Å². The second-order valence-corrected chi connectivity index (χ2v) is 4.86. The summed E-state index contributed by atoms with van der Waals surface area (Å²) in [6, 6.07) is 2.93. The molecule has 19 heavy (non-hydrogen) atoms. The zero-order valence-electron chi connectivity index (χ0n) is 10.4. The third kappa shape index (κ3) is 2.87. The second-order valence-electron chi connectivity index (χ2n) is 4.86. The number of carbonyl (C=O) groups excluding carboxylic acids is 1. The van der Waals surface area contributed by atoms with Crippen molar-refractivity contribution in [1.29, 1.82) is 0 Å². The molecule has 0 aromatic heterocycles. The molecule has 1 aromatic carbocycles. The lowest BCUT2D eigenvalue weighted by Gasteiger charge is -2.24. The Hall–Kier alpha value is -2.02. The summed E-state index contributed by atoms with van der Waals surface area (Å²) in [6.45, 7) is 3.25. The lowest BCUT2D eigenvalue weighted by atomic mass is 10.0. The average Bonchev–Trinajstić information content (AvgIpc) is 2.75. The molecule has 1 aliphatic heterocycles. The van der Waals surface area contributed by atoms with Crippen LogP contribution in [-0.4, -0.2) is 29.5 Å². The van der Waals surface area contributed by atoms with Crippen molar-refractivity contribution in [2.45, 2.75) is 18.9 Å². The molecule has 1 saturated heterocycles. The molecular formula is C12H14FN3O3. The van der Waals surface area contributed by atoms with Crippen molar-refractivity contribution in [3.8, 4) is 0 Å². The van der Waals surface area contributed by atoms with Gasteiger partial charge in [-0.25, -0.2) is 4.39 Å². The highest BCUT2D eigenvalue weighted by molar-refractivity contribution is 5.98. The van der Waals surface area contributed by atoms with E-state index in [0.29, 0.717) is 6.54 Å². The summed E-state index contributed by atoms with van der Waals surface area (Å²) in [5, 5.41) is 16.7. The number of carbonyl (C=O) groups is 1. The van der Waals surface area contributed by atoms with Crippen LogP contribution >= 0.6 is 0 Å². The number of nitrogens with one attached hydrogen (secondary N) is 2. The van der Waals surface area contributed by atoms with Gasteiger partial charge in [0.1, 0.15) is 11.4 Å². The Balaban J connectivity index is 2.26. The Bertz CT molecular complexity index is 527. The Kier molecular flexibility index (Phi) is 3.48. The topological polar surface area (TPSA) is 84.3 Å². The van der Waals surface area contributed by atoms with Crippen LogP contribution in [0, 0.1) is 15.9 Å². The minimum absolute atomic E-state index is 0.125. The van der Waals surface area contributed by atoms with Crippen molar-refractivity contribution in [2.75, 3.05) is 13.1 Å². The van der Waals surface area contributed by atoms with Crippen LogP contribution in [0.4, 0.5) is 10.1 Å². The van der Waals surface area contributed by atoms with Gasteiger partial charge in [-0.2, -0.15) is 0 Å². The molecule has 0 aliphatic carbocycles. The van der Waals surface area contributed by atoms with E-state index in [0.717, 1.165) is 31.2 Å². The number of rotatable bonds is 3. The molecule has 0 bridgehead atoms. The summed E-state index contributed by atoms with van der Waals surface area (Å²) < 4.78 is 13.0. The lowest BCUT2D eigenvalue weighted by Crippen LogP contribution is -2.47. The van der Waals surface area contributed by atoms with Crippen molar-refractivity contribution in [2.24, 2.45) is 0 Å². The monoisotopic (exact) mass is 267 g/mol. The largest absolute Gasteiger partial charge is 0.345 e. The highest BCUT2D eigenvalue weighted by Crippen LogP contribution is 2.21. The normalized spacial score (nSPS) is 22.2. The number of halogens is 1. The van der Waals surface area contributed by atoms with E-state index >= 15 is 0 Å². The van der Waals surface area contributed by atoms with Crippen LogP contribution in [-0.2, 0) is 0 Å². The lowest BCUT2D eigenvalue weighted by molar-refractivity contribution is -0.385. The maximum atomic E-state index is 13.0. The van der Waals surface area contributed by atoms with E-state index < -0.39 is 27.9 Å². The fourth-order valence-corrected chi connectivity index (χ4v) is 2.11. The van der Waals surface area contributed by atoms with E-state index in [2.05, 4.69) is 10.6 Å². The molecule has 0 saturated carbocycles. The molecule has 1 heterocycles. The molecule has 2 N–H and O–H groups in total. The van der Waals surface area contributed by atoms with Crippen molar-refractivity contribution in [1.82, 2.24) is 10.6 Å². The van der Waals surface area contributed by atoms with E-state index in [-0.39, 0.29) is 5.56 Å². The number of hydrogen-bond donors (Lipinski definition) is 2. The fourth-order valence-electron chi connectivity index (χ4n) is 2.11. The van der Waals surface area contributed by atoms with Crippen LogP contribution in [0.15, 0.2) is 18.2 Å². The van der Waals surface area contributed by atoms with Gasteiger partial charge >= 0.3 is 0 Å². The zero-order chi connectivity index (χ0) is 14.0. The van der Waals surface area contributed by atoms with Crippen molar-refractivity contribution in [3.63, 3.8) is 0 Å². The Labute approximate surface area is 109 Å². The summed E-state index contributed by atoms with van der Waals surface area (Å²) in [5.41, 5.74) is -1.08. The summed E-state index contributed by atoms with van der Waals surface area (Å²) >= 11 is 0. The predicted molar refractivity (Wildman–Crippen MR) is 66.4 cm³/mol.